The van der Waals surface area contributed by atoms with Gasteiger partial charge < -0.3 is 57.2 Å². The number of aromatic nitrogens is 4. The van der Waals surface area contributed by atoms with Crippen molar-refractivity contribution < 1.29 is 162 Å². The largest absolute Gasteiger partial charge is 1.00 e. The number of ether oxygens (including phenoxy) is 1. The van der Waals surface area contributed by atoms with Crippen molar-refractivity contribution in [1.29, 1.82) is 0 Å². The Labute approximate surface area is 269 Å². The van der Waals surface area contributed by atoms with Crippen molar-refractivity contribution in [3.8, 4) is 0 Å². The Morgan fingerprint density at radius 2 is 1.63 bits per heavy atom. The Morgan fingerprint density at radius 3 is 2.20 bits per heavy atom. The summed E-state index contributed by atoms with van der Waals surface area (Å²) in [5, 5.41) is 20.4. The van der Waals surface area contributed by atoms with Gasteiger partial charge in [0.15, 0.2) is 17.7 Å². The fourth-order valence-electron chi connectivity index (χ4n) is 2.61. The monoisotopic (exact) mass is 609 g/mol. The Morgan fingerprint density at radius 1 is 1.03 bits per heavy atom. The number of anilines is 1. The molecule has 6 atom stereocenters. The molecule has 0 aromatic carbocycles. The third kappa shape index (κ3) is 10.4. The summed E-state index contributed by atoms with van der Waals surface area (Å²) >= 11 is 0. The zero-order chi connectivity index (χ0) is 23.2. The average molecular weight is 610 g/mol. The summed E-state index contributed by atoms with van der Waals surface area (Å²) < 4.78 is 50.9. The summed E-state index contributed by atoms with van der Waals surface area (Å²) in [4.78, 5) is 51.3. The first-order valence-electron chi connectivity index (χ1n) is 7.88. The Bertz CT molecular complexity index is 1130. The predicted octanol–water partition coefficient (Wildman–Crippen LogP) is -14.9. The Kier molecular flexibility index (Phi) is 16.8. The maximum absolute atomic E-state index is 11.6. The number of imidazole rings is 1. The molecular weight excluding hydrogens is 595 g/mol. The van der Waals surface area contributed by atoms with E-state index in [-0.39, 0.29) is 118 Å². The number of nitrogens with two attached hydrogens (primary N) is 1. The number of fused-ring (bicyclic) bond motifs is 1. The van der Waals surface area contributed by atoms with E-state index in [1.165, 1.54) is 10.9 Å². The molecule has 1 aliphatic rings. The van der Waals surface area contributed by atoms with Crippen LogP contribution in [0.1, 0.15) is 6.23 Å². The van der Waals surface area contributed by atoms with Gasteiger partial charge in [-0.15, -0.1) is 0 Å². The van der Waals surface area contributed by atoms with Crippen LogP contribution in [0.5, 0.6) is 0 Å². The minimum Gasteiger partial charge on any atom is -1.00 e. The van der Waals surface area contributed by atoms with E-state index in [1.807, 2.05) is 0 Å². The number of rotatable bonds is 8. The van der Waals surface area contributed by atoms with E-state index in [0.29, 0.717) is 0 Å². The number of nitrogens with zero attached hydrogens (tertiary/aromatic N) is 4. The summed E-state index contributed by atoms with van der Waals surface area (Å²) in [6.07, 6.45) is -3.89. The summed E-state index contributed by atoms with van der Waals surface area (Å²) in [7, 11) is -17.4. The number of halogens is 1. The summed E-state index contributed by atoms with van der Waals surface area (Å²) in [5.74, 6) is 0.0284. The fourth-order valence-corrected chi connectivity index (χ4v) is 5.54. The average Bonchev–Trinajstić information content (AvgIpc) is 3.13. The van der Waals surface area contributed by atoms with E-state index in [9.17, 15) is 33.7 Å². The molecule has 2 aromatic rings. The first kappa shape index (κ1) is 39.1. The molecule has 25 heteroatoms. The van der Waals surface area contributed by atoms with Gasteiger partial charge in [0, 0.05) is 0 Å². The molecule has 18 nitrogen and oxygen atoms in total. The zero-order valence-electron chi connectivity index (χ0n) is 18.2. The van der Waals surface area contributed by atoms with Gasteiger partial charge in [-0.25, -0.2) is 28.1 Å². The molecule has 2 unspecified atom stereocenters. The van der Waals surface area contributed by atoms with Crippen LogP contribution in [0.15, 0.2) is 12.7 Å². The molecule has 2 aromatic heterocycles. The Balaban J connectivity index is 0. The topological polar surface area (TPSA) is 285 Å². The predicted molar refractivity (Wildman–Crippen MR) is 91.0 cm³/mol. The van der Waals surface area contributed by atoms with Crippen molar-refractivity contribution in [2.45, 2.75) is 24.5 Å². The first-order valence-corrected chi connectivity index (χ1v) is 12.3. The van der Waals surface area contributed by atoms with Crippen LogP contribution < -0.4 is 117 Å². The van der Waals surface area contributed by atoms with Crippen molar-refractivity contribution in [2.75, 3.05) is 12.3 Å². The minimum absolute atomic E-state index is 0. The maximum Gasteiger partial charge on any atom is 1.00 e. The third-order valence-electron chi connectivity index (χ3n) is 3.80. The number of phosphoric ester groups is 1. The molecule has 0 aliphatic carbocycles. The van der Waals surface area contributed by atoms with Crippen molar-refractivity contribution in [1.82, 2.24) is 19.5 Å². The van der Waals surface area contributed by atoms with Crippen LogP contribution >= 0.6 is 23.5 Å². The third-order valence-corrected chi connectivity index (χ3v) is 7.52. The molecule has 3 heterocycles. The number of phosphoric acid groups is 3. The van der Waals surface area contributed by atoms with Crippen LogP contribution in [0, 0.1) is 0 Å². The number of aliphatic hydroxyl groups is 2. The summed E-state index contributed by atoms with van der Waals surface area (Å²) in [6.45, 7) is -1.05. The molecule has 1 aliphatic heterocycles. The number of aliphatic hydroxyl groups excluding tert-OH is 2. The SMILES string of the molecule is Nc1ncnc2c1ncn2[C@@H]1O[C@H](COP(=O)([O-])OP(=O)([O-])OP(=O)(O)O)[C@@H](O)[C@H]1O.[Cl-].[Na+].[Na+].[Na+]. The van der Waals surface area contributed by atoms with Crippen molar-refractivity contribution in [3.63, 3.8) is 0 Å². The van der Waals surface area contributed by atoms with Crippen LogP contribution in [-0.4, -0.2) is 64.4 Å². The van der Waals surface area contributed by atoms with E-state index in [2.05, 4.69) is 28.1 Å². The van der Waals surface area contributed by atoms with Crippen LogP contribution in [0.4, 0.5) is 5.82 Å². The standard InChI is InChI=1S/C10H16N5O13P3.ClH.3Na/c11-8-5-9(13-2-12-8)15(3-14-5)10-7(17)6(16)4(26-10)1-25-30(21,22)28-31(23,24)27-29(18,19)20;;;;/h2-4,6-7,10,16-17H,1H2,(H,21,22)(H,23,24)(H2,11,12,13)(H2,18,19,20);1H;;;/q;;3*+1/p-3/t4-,6-,7-,10-;;;;/m1..../s1. The van der Waals surface area contributed by atoms with E-state index in [0.717, 1.165) is 6.33 Å². The second kappa shape index (κ2) is 15.1. The molecule has 6 N–H and O–H groups in total. The van der Waals surface area contributed by atoms with Gasteiger partial charge in [0.2, 0.25) is 0 Å². The smallest absolute Gasteiger partial charge is 1.00 e. The second-order valence-corrected chi connectivity index (χ2v) is 10.3. The van der Waals surface area contributed by atoms with Crippen molar-refractivity contribution >= 4 is 40.4 Å². The molecule has 35 heavy (non-hydrogen) atoms. The number of hydrogen-bond acceptors (Lipinski definition) is 15. The van der Waals surface area contributed by atoms with Crippen LogP contribution in [0.25, 0.3) is 11.2 Å². The normalized spacial score (nSPS) is 25.2. The van der Waals surface area contributed by atoms with E-state index in [1.54, 1.807) is 0 Å². The molecule has 0 bridgehead atoms. The van der Waals surface area contributed by atoms with Gasteiger partial charge >= 0.3 is 96.5 Å². The second-order valence-electron chi connectivity index (χ2n) is 5.97. The van der Waals surface area contributed by atoms with E-state index in [4.69, 9.17) is 20.3 Å². The van der Waals surface area contributed by atoms with Gasteiger partial charge in [0.25, 0.3) is 15.6 Å². The first-order chi connectivity index (χ1) is 14.2. The van der Waals surface area contributed by atoms with Gasteiger partial charge in [-0.05, 0) is 0 Å². The van der Waals surface area contributed by atoms with Crippen molar-refractivity contribution in [3.05, 3.63) is 12.7 Å². The number of hydrogen-bond donors (Lipinski definition) is 5. The summed E-state index contributed by atoms with van der Waals surface area (Å²) in [5.41, 5.74) is 5.95. The van der Waals surface area contributed by atoms with Gasteiger partial charge in [0.05, 0.1) is 12.9 Å². The molecule has 3 rings (SSSR count). The van der Waals surface area contributed by atoms with Gasteiger partial charge in [-0.2, -0.15) is 0 Å². The van der Waals surface area contributed by atoms with Gasteiger partial charge in [-0.1, -0.05) is 0 Å². The molecule has 0 amide bonds. The maximum atomic E-state index is 11.6. The Hall–Kier alpha value is 1.93. The van der Waals surface area contributed by atoms with Crippen LogP contribution in [0.2, 0.25) is 0 Å². The quantitative estimate of drug-likeness (QED) is 0.137. The van der Waals surface area contributed by atoms with Crippen molar-refractivity contribution in [2.24, 2.45) is 0 Å². The van der Waals surface area contributed by atoms with Gasteiger partial charge in [0.1, 0.15) is 30.2 Å². The molecule has 0 radical (unpaired) electrons. The zero-order valence-corrected chi connectivity index (χ0v) is 27.7. The molecular formula is C10H14ClN5Na3O13P3. The summed E-state index contributed by atoms with van der Waals surface area (Å²) in [6, 6.07) is 0. The van der Waals surface area contributed by atoms with Gasteiger partial charge in [-0.3, -0.25) is 13.7 Å². The molecule has 182 valence electrons. The molecule has 0 spiro atoms. The van der Waals surface area contributed by atoms with E-state index >= 15 is 0 Å². The van der Waals surface area contributed by atoms with E-state index < -0.39 is 54.6 Å². The number of nitrogen functional groups attached to an aromatic ring is 1. The van der Waals surface area contributed by atoms with Crippen LogP contribution in [-0.2, 0) is 31.6 Å². The fraction of sp³-hybridized carbons (Fsp3) is 0.500. The molecule has 1 fully saturated rings. The molecule has 1 saturated heterocycles. The van der Waals surface area contributed by atoms with Crippen LogP contribution in [0.3, 0.4) is 0 Å². The molecule has 0 saturated carbocycles. The minimum atomic E-state index is -6.01.